The number of hydrogen-bond acceptors (Lipinski definition) is 4. The quantitative estimate of drug-likeness (QED) is 0.791. The third-order valence-corrected chi connectivity index (χ3v) is 5.16. The Hall–Kier alpha value is -2.82. The topological polar surface area (TPSA) is 49.9 Å². The van der Waals surface area contributed by atoms with E-state index >= 15 is 0 Å². The van der Waals surface area contributed by atoms with E-state index in [-0.39, 0.29) is 17.7 Å². The molecular weight excluding hydrogens is 316 g/mol. The Bertz CT molecular complexity index is 860. The van der Waals surface area contributed by atoms with E-state index in [1.165, 1.54) is 4.90 Å². The summed E-state index contributed by atoms with van der Waals surface area (Å²) in [6.07, 6.45) is 0. The van der Waals surface area contributed by atoms with Crippen LogP contribution in [0.5, 0.6) is 5.75 Å². The Labute approximate surface area is 146 Å². The number of hydrogen-bond donors (Lipinski definition) is 0. The zero-order valence-electron chi connectivity index (χ0n) is 14.5. The number of methoxy groups -OCH3 is 1. The predicted molar refractivity (Wildman–Crippen MR) is 96.2 cm³/mol. The maximum atomic E-state index is 13.1. The van der Waals surface area contributed by atoms with E-state index < -0.39 is 5.92 Å². The molecule has 4 rings (SSSR count). The molecule has 2 aliphatic rings. The molecule has 1 fully saturated rings. The highest BCUT2D eigenvalue weighted by Gasteiger charge is 2.52. The van der Waals surface area contributed by atoms with E-state index in [2.05, 4.69) is 4.90 Å². The van der Waals surface area contributed by atoms with Gasteiger partial charge in [-0.3, -0.25) is 9.59 Å². The van der Waals surface area contributed by atoms with Crippen LogP contribution in [0.3, 0.4) is 0 Å². The molecular formula is C20H20N2O3. The number of carbonyl (C=O) groups is 2. The summed E-state index contributed by atoms with van der Waals surface area (Å²) < 4.78 is 5.16. The van der Waals surface area contributed by atoms with Crippen LogP contribution in [0.1, 0.15) is 17.0 Å². The third-order valence-electron chi connectivity index (χ3n) is 5.16. The second-order valence-corrected chi connectivity index (χ2v) is 6.74. The first-order chi connectivity index (χ1) is 12.0. The number of nitrogens with zero attached hydrogens (tertiary/aromatic N) is 2. The predicted octanol–water partition coefficient (Wildman–Crippen LogP) is 2.73. The normalized spacial score (nSPS) is 22.0. The molecule has 0 saturated carbocycles. The van der Waals surface area contributed by atoms with Crippen LogP contribution in [-0.4, -0.2) is 32.5 Å². The molecule has 128 valence electrons. The molecule has 2 amide bonds. The largest absolute Gasteiger partial charge is 0.497 e. The number of ether oxygens (including phenoxy) is 1. The Morgan fingerprint density at radius 2 is 1.76 bits per heavy atom. The van der Waals surface area contributed by atoms with Crippen molar-refractivity contribution < 1.29 is 14.3 Å². The van der Waals surface area contributed by atoms with E-state index in [0.717, 1.165) is 16.8 Å². The average Bonchev–Trinajstić information content (AvgIpc) is 2.85. The minimum atomic E-state index is -0.402. The number of carbonyl (C=O) groups excluding carboxylic acids is 2. The van der Waals surface area contributed by atoms with Crippen LogP contribution in [0.15, 0.2) is 42.5 Å². The lowest BCUT2D eigenvalue weighted by molar-refractivity contribution is -0.122. The summed E-state index contributed by atoms with van der Waals surface area (Å²) in [5.74, 6) is -0.310. The molecule has 1 saturated heterocycles. The first kappa shape index (κ1) is 15.7. The Morgan fingerprint density at radius 3 is 2.44 bits per heavy atom. The van der Waals surface area contributed by atoms with Crippen LogP contribution in [0.2, 0.25) is 0 Å². The smallest absolute Gasteiger partial charge is 0.242 e. The SMILES string of the molecule is COc1ccc(N2C(=O)[C@@H]3CN(C)c4ccc(C)cc4[C@@H]3C2=O)cc1. The molecule has 2 atom stereocenters. The first-order valence-corrected chi connectivity index (χ1v) is 8.35. The fourth-order valence-corrected chi connectivity index (χ4v) is 3.91. The number of rotatable bonds is 2. The first-order valence-electron chi connectivity index (χ1n) is 8.35. The second-order valence-electron chi connectivity index (χ2n) is 6.74. The highest BCUT2D eigenvalue weighted by Crippen LogP contribution is 2.45. The van der Waals surface area contributed by atoms with Gasteiger partial charge in [-0.2, -0.15) is 0 Å². The summed E-state index contributed by atoms with van der Waals surface area (Å²) in [6.45, 7) is 2.56. The lowest BCUT2D eigenvalue weighted by Gasteiger charge is -2.33. The van der Waals surface area contributed by atoms with Crippen LogP contribution in [0, 0.1) is 12.8 Å². The summed E-state index contributed by atoms with van der Waals surface area (Å²) in [7, 11) is 3.56. The number of benzene rings is 2. The molecule has 2 aromatic rings. The minimum Gasteiger partial charge on any atom is -0.497 e. The third kappa shape index (κ3) is 2.30. The van der Waals surface area contributed by atoms with Gasteiger partial charge in [-0.15, -0.1) is 0 Å². The van der Waals surface area contributed by atoms with Gasteiger partial charge in [0.15, 0.2) is 0 Å². The van der Waals surface area contributed by atoms with Crippen LogP contribution >= 0.6 is 0 Å². The number of amides is 2. The van der Waals surface area contributed by atoms with Crippen LogP contribution in [0.4, 0.5) is 11.4 Å². The standard InChI is InChI=1S/C20H20N2O3/c1-12-4-9-17-15(10-12)18-16(11-21(17)2)19(23)22(20(18)24)13-5-7-14(25-3)8-6-13/h4-10,16,18H,11H2,1-3H3/t16-,18+/m1/s1. The average molecular weight is 336 g/mol. The summed E-state index contributed by atoms with van der Waals surface area (Å²) in [5, 5.41) is 0. The number of fused-ring (bicyclic) bond motifs is 3. The fourth-order valence-electron chi connectivity index (χ4n) is 3.91. The van der Waals surface area contributed by atoms with E-state index in [0.29, 0.717) is 18.0 Å². The monoisotopic (exact) mass is 336 g/mol. The van der Waals surface area contributed by atoms with E-state index in [1.807, 2.05) is 32.2 Å². The van der Waals surface area contributed by atoms with Crippen LogP contribution in [0.25, 0.3) is 0 Å². The van der Waals surface area contributed by atoms with Crippen molar-refractivity contribution in [3.63, 3.8) is 0 Å². The van der Waals surface area contributed by atoms with Crippen molar-refractivity contribution in [3.8, 4) is 5.75 Å². The maximum absolute atomic E-state index is 13.1. The van der Waals surface area contributed by atoms with Gasteiger partial charge in [0.25, 0.3) is 0 Å². The Balaban J connectivity index is 1.78. The van der Waals surface area contributed by atoms with Gasteiger partial charge < -0.3 is 9.64 Å². The van der Waals surface area contributed by atoms with Crippen molar-refractivity contribution in [3.05, 3.63) is 53.6 Å². The van der Waals surface area contributed by atoms with Gasteiger partial charge in [-0.25, -0.2) is 4.90 Å². The molecule has 25 heavy (non-hydrogen) atoms. The molecule has 0 aliphatic carbocycles. The van der Waals surface area contributed by atoms with Gasteiger partial charge >= 0.3 is 0 Å². The van der Waals surface area contributed by atoms with Crippen molar-refractivity contribution >= 4 is 23.2 Å². The molecule has 5 heteroatoms. The molecule has 0 radical (unpaired) electrons. The number of anilines is 2. The molecule has 2 aromatic carbocycles. The lowest BCUT2D eigenvalue weighted by Crippen LogP contribution is -2.37. The van der Waals surface area contributed by atoms with Crippen molar-refractivity contribution in [2.75, 3.05) is 30.5 Å². The molecule has 0 N–H and O–H groups in total. The minimum absolute atomic E-state index is 0.126. The molecule has 5 nitrogen and oxygen atoms in total. The molecule has 2 aliphatic heterocycles. The molecule has 0 unspecified atom stereocenters. The molecule has 0 spiro atoms. The highest BCUT2D eigenvalue weighted by atomic mass is 16.5. The second kappa shape index (κ2) is 5.62. The van der Waals surface area contributed by atoms with Gasteiger partial charge in [-0.1, -0.05) is 17.7 Å². The molecule has 0 aromatic heterocycles. The van der Waals surface area contributed by atoms with Crippen molar-refractivity contribution in [1.29, 1.82) is 0 Å². The summed E-state index contributed by atoms with van der Waals surface area (Å²) >= 11 is 0. The Morgan fingerprint density at radius 1 is 1.04 bits per heavy atom. The van der Waals surface area contributed by atoms with Crippen LogP contribution in [-0.2, 0) is 9.59 Å². The molecule has 0 bridgehead atoms. The summed E-state index contributed by atoms with van der Waals surface area (Å²) in [5.41, 5.74) is 3.68. The van der Waals surface area contributed by atoms with Gasteiger partial charge in [0, 0.05) is 19.3 Å². The van der Waals surface area contributed by atoms with Gasteiger partial charge in [0.05, 0.1) is 24.6 Å². The zero-order chi connectivity index (χ0) is 17.7. The number of imide groups is 1. The van der Waals surface area contributed by atoms with E-state index in [1.54, 1.807) is 31.4 Å². The maximum Gasteiger partial charge on any atom is 0.242 e. The summed E-state index contributed by atoms with van der Waals surface area (Å²) in [4.78, 5) is 29.5. The van der Waals surface area contributed by atoms with E-state index in [9.17, 15) is 9.59 Å². The van der Waals surface area contributed by atoms with Gasteiger partial charge in [-0.05, 0) is 42.8 Å². The van der Waals surface area contributed by atoms with Crippen LogP contribution < -0.4 is 14.5 Å². The molecule has 2 heterocycles. The van der Waals surface area contributed by atoms with Crippen molar-refractivity contribution in [2.45, 2.75) is 12.8 Å². The van der Waals surface area contributed by atoms with Gasteiger partial charge in [0.2, 0.25) is 11.8 Å². The zero-order valence-corrected chi connectivity index (χ0v) is 14.5. The van der Waals surface area contributed by atoms with Gasteiger partial charge in [0.1, 0.15) is 5.75 Å². The van der Waals surface area contributed by atoms with Crippen molar-refractivity contribution in [2.24, 2.45) is 5.92 Å². The highest BCUT2D eigenvalue weighted by molar-refractivity contribution is 6.24. The van der Waals surface area contributed by atoms with E-state index in [4.69, 9.17) is 4.74 Å². The Kier molecular flexibility index (Phi) is 3.53. The fraction of sp³-hybridized carbons (Fsp3) is 0.300. The lowest BCUT2D eigenvalue weighted by atomic mass is 9.82. The number of aryl methyl sites for hydroxylation is 1. The van der Waals surface area contributed by atoms with Crippen molar-refractivity contribution in [1.82, 2.24) is 0 Å². The summed E-state index contributed by atoms with van der Waals surface area (Å²) in [6, 6.07) is 13.2.